The summed E-state index contributed by atoms with van der Waals surface area (Å²) in [6.07, 6.45) is 6.60. The number of rotatable bonds is 5. The summed E-state index contributed by atoms with van der Waals surface area (Å²) in [7, 11) is 5.77. The smallest absolute Gasteiger partial charge is 0.223 e. The van der Waals surface area contributed by atoms with Crippen LogP contribution in [0.2, 0.25) is 0 Å². The average molecular weight is 339 g/mol. The van der Waals surface area contributed by atoms with Gasteiger partial charge in [-0.3, -0.25) is 9.59 Å². The van der Waals surface area contributed by atoms with E-state index in [0.29, 0.717) is 19.1 Å². The number of amides is 2. The molecule has 2 atom stereocenters. The number of carbonyl (C=O) groups excluding carboxylic acids is 2. The maximum absolute atomic E-state index is 12.4. The van der Waals surface area contributed by atoms with Crippen LogP contribution in [-0.4, -0.2) is 84.0 Å². The van der Waals surface area contributed by atoms with Gasteiger partial charge in [0.15, 0.2) is 0 Å². The molecular weight excluding hydrogens is 306 g/mol. The van der Waals surface area contributed by atoms with Gasteiger partial charge in [0, 0.05) is 45.1 Å². The highest BCUT2D eigenvalue weighted by Crippen LogP contribution is 2.22. The van der Waals surface area contributed by atoms with Crippen LogP contribution in [0.3, 0.4) is 0 Å². The Morgan fingerprint density at radius 3 is 2.29 bits per heavy atom. The maximum Gasteiger partial charge on any atom is 0.223 e. The first-order valence-electron chi connectivity index (χ1n) is 9.28. The molecule has 1 N–H and O–H groups in total. The standard InChI is InChI=1S/C18H33N3O3/c1-19(2)15-11-12-21(13-16(15)22)18(24)10-9-17(23)20(3)14-7-5-4-6-8-14/h14-16,22H,4-13H2,1-3H3/t15-,16-/m0/s1. The van der Waals surface area contributed by atoms with Gasteiger partial charge in [0.25, 0.3) is 0 Å². The zero-order valence-corrected chi connectivity index (χ0v) is 15.4. The number of aliphatic hydroxyl groups is 1. The predicted molar refractivity (Wildman–Crippen MR) is 93.6 cm³/mol. The molecule has 0 aromatic rings. The molecule has 0 spiro atoms. The topological polar surface area (TPSA) is 64.1 Å². The number of hydrogen-bond acceptors (Lipinski definition) is 4. The summed E-state index contributed by atoms with van der Waals surface area (Å²) in [5.74, 6) is 0.0515. The number of likely N-dealkylation sites (N-methyl/N-ethyl adjacent to an activating group) is 1. The van der Waals surface area contributed by atoms with Crippen LogP contribution in [-0.2, 0) is 9.59 Å². The zero-order chi connectivity index (χ0) is 17.7. The highest BCUT2D eigenvalue weighted by Gasteiger charge is 2.31. The highest BCUT2D eigenvalue weighted by atomic mass is 16.3. The highest BCUT2D eigenvalue weighted by molar-refractivity contribution is 5.84. The van der Waals surface area contributed by atoms with E-state index in [1.165, 1.54) is 19.3 Å². The molecule has 1 saturated carbocycles. The molecule has 2 fully saturated rings. The van der Waals surface area contributed by atoms with Gasteiger partial charge in [-0.2, -0.15) is 0 Å². The van der Waals surface area contributed by atoms with Crippen LogP contribution in [0.1, 0.15) is 51.4 Å². The molecule has 0 aromatic heterocycles. The van der Waals surface area contributed by atoms with Gasteiger partial charge in [-0.05, 0) is 33.4 Å². The molecule has 1 saturated heterocycles. The summed E-state index contributed by atoms with van der Waals surface area (Å²) in [5, 5.41) is 10.2. The number of hydrogen-bond donors (Lipinski definition) is 1. The molecule has 1 heterocycles. The summed E-state index contributed by atoms with van der Waals surface area (Å²) in [6.45, 7) is 1.03. The van der Waals surface area contributed by atoms with Crippen LogP contribution < -0.4 is 0 Å². The Morgan fingerprint density at radius 2 is 1.71 bits per heavy atom. The van der Waals surface area contributed by atoms with E-state index < -0.39 is 6.10 Å². The molecule has 1 aliphatic heterocycles. The number of carbonyl (C=O) groups is 2. The van der Waals surface area contributed by atoms with Crippen LogP contribution in [0.5, 0.6) is 0 Å². The summed E-state index contributed by atoms with van der Waals surface area (Å²) < 4.78 is 0. The summed E-state index contributed by atoms with van der Waals surface area (Å²) >= 11 is 0. The van der Waals surface area contributed by atoms with E-state index in [0.717, 1.165) is 19.3 Å². The SMILES string of the molecule is CN(C(=O)CCC(=O)N1CC[C@H](N(C)C)[C@@H](O)C1)C1CCCCC1. The van der Waals surface area contributed by atoms with Crippen molar-refractivity contribution < 1.29 is 14.7 Å². The van der Waals surface area contributed by atoms with Gasteiger partial charge in [0.2, 0.25) is 11.8 Å². The molecule has 0 radical (unpaired) electrons. The third-order valence-corrected chi connectivity index (χ3v) is 5.63. The number of likely N-dealkylation sites (tertiary alicyclic amines) is 1. The van der Waals surface area contributed by atoms with Crippen LogP contribution in [0.25, 0.3) is 0 Å². The minimum Gasteiger partial charge on any atom is -0.390 e. The fourth-order valence-electron chi connectivity index (χ4n) is 3.97. The van der Waals surface area contributed by atoms with Crippen molar-refractivity contribution >= 4 is 11.8 Å². The van der Waals surface area contributed by atoms with Crippen LogP contribution >= 0.6 is 0 Å². The van der Waals surface area contributed by atoms with Crippen molar-refractivity contribution in [2.24, 2.45) is 0 Å². The van der Waals surface area contributed by atoms with Crippen molar-refractivity contribution in [3.05, 3.63) is 0 Å². The second kappa shape index (κ2) is 8.81. The van der Waals surface area contributed by atoms with Crippen LogP contribution in [0.15, 0.2) is 0 Å². The Morgan fingerprint density at radius 1 is 1.04 bits per heavy atom. The molecule has 6 nitrogen and oxygen atoms in total. The number of piperidine rings is 1. The fraction of sp³-hybridized carbons (Fsp3) is 0.889. The van der Waals surface area contributed by atoms with Gasteiger partial charge in [-0.1, -0.05) is 19.3 Å². The summed E-state index contributed by atoms with van der Waals surface area (Å²) in [5.41, 5.74) is 0. The van der Waals surface area contributed by atoms with E-state index in [9.17, 15) is 14.7 Å². The minimum atomic E-state index is -0.515. The van der Waals surface area contributed by atoms with Gasteiger partial charge in [0.1, 0.15) is 0 Å². The van der Waals surface area contributed by atoms with E-state index in [2.05, 4.69) is 0 Å². The Hall–Kier alpha value is -1.14. The van der Waals surface area contributed by atoms with Crippen LogP contribution in [0.4, 0.5) is 0 Å². The van der Waals surface area contributed by atoms with Gasteiger partial charge in [0.05, 0.1) is 6.10 Å². The second-order valence-corrected chi connectivity index (χ2v) is 7.52. The van der Waals surface area contributed by atoms with E-state index in [-0.39, 0.29) is 30.7 Å². The van der Waals surface area contributed by atoms with Crippen LogP contribution in [0, 0.1) is 0 Å². The lowest BCUT2D eigenvalue weighted by molar-refractivity contribution is -0.140. The van der Waals surface area contributed by atoms with Gasteiger partial charge < -0.3 is 19.8 Å². The molecule has 138 valence electrons. The predicted octanol–water partition coefficient (Wildman–Crippen LogP) is 1.08. The third-order valence-electron chi connectivity index (χ3n) is 5.63. The van der Waals surface area contributed by atoms with E-state index >= 15 is 0 Å². The average Bonchev–Trinajstić information content (AvgIpc) is 2.59. The van der Waals surface area contributed by atoms with E-state index in [4.69, 9.17) is 0 Å². The fourth-order valence-corrected chi connectivity index (χ4v) is 3.97. The van der Waals surface area contributed by atoms with Gasteiger partial charge in [-0.15, -0.1) is 0 Å². The van der Waals surface area contributed by atoms with Crippen molar-refractivity contribution in [3.8, 4) is 0 Å². The molecule has 2 aliphatic rings. The Labute approximate surface area is 145 Å². The lowest BCUT2D eigenvalue weighted by Gasteiger charge is -2.39. The Balaban J connectivity index is 1.75. The molecule has 2 rings (SSSR count). The largest absolute Gasteiger partial charge is 0.390 e. The first-order chi connectivity index (χ1) is 11.4. The summed E-state index contributed by atoms with van der Waals surface area (Å²) in [6, 6.07) is 0.451. The quantitative estimate of drug-likeness (QED) is 0.814. The normalized spacial score (nSPS) is 25.8. The number of nitrogens with zero attached hydrogens (tertiary/aromatic N) is 3. The molecular formula is C18H33N3O3. The first-order valence-corrected chi connectivity index (χ1v) is 9.28. The molecule has 1 aliphatic carbocycles. The number of β-amino-alcohol motifs (C(OH)–C–C–N with tert-alkyl or cyclic N) is 1. The lowest BCUT2D eigenvalue weighted by Crippen LogP contribution is -2.53. The monoisotopic (exact) mass is 339 g/mol. The van der Waals surface area contributed by atoms with Crippen molar-refractivity contribution in [1.29, 1.82) is 0 Å². The second-order valence-electron chi connectivity index (χ2n) is 7.52. The van der Waals surface area contributed by atoms with Gasteiger partial charge in [-0.25, -0.2) is 0 Å². The maximum atomic E-state index is 12.4. The molecule has 2 amide bonds. The first kappa shape index (κ1) is 19.2. The Kier molecular flexibility index (Phi) is 7.04. The van der Waals surface area contributed by atoms with E-state index in [1.807, 2.05) is 30.9 Å². The third kappa shape index (κ3) is 4.93. The minimum absolute atomic E-state index is 0.0170. The van der Waals surface area contributed by atoms with Crippen molar-refractivity contribution in [1.82, 2.24) is 14.7 Å². The lowest BCUT2D eigenvalue weighted by atomic mass is 9.94. The summed E-state index contributed by atoms with van der Waals surface area (Å²) in [4.78, 5) is 30.3. The Bertz CT molecular complexity index is 435. The molecule has 0 aromatic carbocycles. The molecule has 0 unspecified atom stereocenters. The molecule has 0 bridgehead atoms. The van der Waals surface area contributed by atoms with Crippen molar-refractivity contribution in [2.45, 2.75) is 69.6 Å². The number of aliphatic hydroxyl groups excluding tert-OH is 1. The molecule has 6 heteroatoms. The van der Waals surface area contributed by atoms with E-state index in [1.54, 1.807) is 4.90 Å². The van der Waals surface area contributed by atoms with Crippen molar-refractivity contribution in [3.63, 3.8) is 0 Å². The van der Waals surface area contributed by atoms with Gasteiger partial charge >= 0.3 is 0 Å². The zero-order valence-electron chi connectivity index (χ0n) is 15.4. The molecule has 24 heavy (non-hydrogen) atoms. The van der Waals surface area contributed by atoms with Crippen molar-refractivity contribution in [2.75, 3.05) is 34.2 Å².